The van der Waals surface area contributed by atoms with Crippen LogP contribution >= 0.6 is 0 Å². The van der Waals surface area contributed by atoms with Crippen molar-refractivity contribution >= 4 is 33.5 Å². The van der Waals surface area contributed by atoms with E-state index >= 15 is 0 Å². The van der Waals surface area contributed by atoms with Crippen LogP contribution in [0.2, 0.25) is 0 Å². The van der Waals surface area contributed by atoms with Crippen LogP contribution in [0.3, 0.4) is 0 Å². The van der Waals surface area contributed by atoms with Gasteiger partial charge in [-0.15, -0.1) is 0 Å². The Morgan fingerprint density at radius 1 is 0.848 bits per heavy atom. The zero-order chi connectivity index (χ0) is 24.0. The summed E-state index contributed by atoms with van der Waals surface area (Å²) in [6.07, 6.45) is 0.812. The van der Waals surface area contributed by atoms with Gasteiger partial charge in [0.1, 0.15) is 0 Å². The van der Waals surface area contributed by atoms with E-state index in [1.165, 1.54) is 21.1 Å². The second-order valence-corrected chi connectivity index (χ2v) is 8.62. The Kier molecular flexibility index (Phi) is 8.06. The molecule has 7 nitrogen and oxygen atoms in total. The van der Waals surface area contributed by atoms with Crippen LogP contribution in [-0.4, -0.2) is 30.4 Å². The van der Waals surface area contributed by atoms with E-state index in [4.69, 9.17) is 18.9 Å². The number of ether oxygens (including phenoxy) is 4. The number of methoxy groups -OCH3 is 2. The fraction of sp³-hybridized carbons (Fsp3) is 0.280. The fourth-order valence-electron chi connectivity index (χ4n) is 3.47. The van der Waals surface area contributed by atoms with Crippen molar-refractivity contribution in [3.63, 3.8) is 0 Å². The maximum absolute atomic E-state index is 13.4. The fourth-order valence-corrected chi connectivity index (χ4v) is 4.78. The molecule has 0 radical (unpaired) electrons. The summed E-state index contributed by atoms with van der Waals surface area (Å²) in [5.41, 5.74) is 0.886. The molecule has 1 atom stereocenters. The predicted molar refractivity (Wildman–Crippen MR) is 125 cm³/mol. The van der Waals surface area contributed by atoms with Gasteiger partial charge in [-0.3, -0.25) is 13.8 Å². The number of rotatable bonds is 9. The van der Waals surface area contributed by atoms with Gasteiger partial charge in [-0.2, -0.15) is 0 Å². The zero-order valence-electron chi connectivity index (χ0n) is 19.0. The molecule has 1 unspecified atom stereocenters. The van der Waals surface area contributed by atoms with Crippen LogP contribution in [-0.2, 0) is 26.1 Å². The molecule has 3 aromatic carbocycles. The number of benzene rings is 3. The second-order valence-electron chi connectivity index (χ2n) is 7.20. The maximum atomic E-state index is 13.4. The van der Waals surface area contributed by atoms with E-state index in [9.17, 15) is 13.8 Å². The van der Waals surface area contributed by atoms with E-state index < -0.39 is 22.7 Å². The van der Waals surface area contributed by atoms with Gasteiger partial charge in [0.2, 0.25) is 11.5 Å². The van der Waals surface area contributed by atoms with Gasteiger partial charge in [0.15, 0.2) is 11.5 Å². The van der Waals surface area contributed by atoms with Crippen LogP contribution in [0, 0.1) is 0 Å². The standard InChI is InChI=1S/C25H26O7S/c1-5-10-20(27)32-22-18-13-9-14-19(33(28)15-17-11-7-6-8-12-17)21(18)23(31-16(2)26)25(30-4)24(22)29-3/h6-9,11-14H,5,10,15H2,1-4H3. The number of carbonyl (C=O) groups excluding carboxylic acids is 2. The van der Waals surface area contributed by atoms with Crippen LogP contribution < -0.4 is 18.9 Å². The van der Waals surface area contributed by atoms with E-state index in [1.54, 1.807) is 18.2 Å². The SMILES string of the molecule is CCCC(=O)Oc1c(OC)c(OC)c(OC(C)=O)c2c(S(=O)Cc3ccccc3)cccc12. The predicted octanol–water partition coefficient (Wildman–Crippen LogP) is 4.80. The highest BCUT2D eigenvalue weighted by molar-refractivity contribution is 7.84. The summed E-state index contributed by atoms with van der Waals surface area (Å²) in [6.45, 7) is 3.13. The summed E-state index contributed by atoms with van der Waals surface area (Å²) in [4.78, 5) is 24.8. The van der Waals surface area contributed by atoms with Gasteiger partial charge in [0.05, 0.1) is 35.7 Å². The average Bonchev–Trinajstić information content (AvgIpc) is 2.80. The van der Waals surface area contributed by atoms with Gasteiger partial charge in [-0.05, 0) is 18.1 Å². The molecule has 0 aliphatic carbocycles. The number of hydrogen-bond donors (Lipinski definition) is 0. The van der Waals surface area contributed by atoms with Crippen LogP contribution in [0.25, 0.3) is 10.8 Å². The normalized spacial score (nSPS) is 11.6. The Morgan fingerprint density at radius 2 is 1.52 bits per heavy atom. The minimum absolute atomic E-state index is 0.0594. The number of esters is 2. The van der Waals surface area contributed by atoms with Gasteiger partial charge >= 0.3 is 11.9 Å². The lowest BCUT2D eigenvalue weighted by Crippen LogP contribution is -2.11. The molecule has 0 amide bonds. The third kappa shape index (κ3) is 5.34. The van der Waals surface area contributed by atoms with Crippen molar-refractivity contribution in [2.45, 2.75) is 37.3 Å². The maximum Gasteiger partial charge on any atom is 0.311 e. The molecule has 8 heteroatoms. The molecule has 3 aromatic rings. The summed E-state index contributed by atoms with van der Waals surface area (Å²) in [5, 5.41) is 0.783. The number of fused-ring (bicyclic) bond motifs is 1. The molecule has 0 bridgehead atoms. The molecule has 174 valence electrons. The number of hydrogen-bond acceptors (Lipinski definition) is 7. The Morgan fingerprint density at radius 3 is 2.12 bits per heavy atom. The zero-order valence-corrected chi connectivity index (χ0v) is 19.8. The smallest absolute Gasteiger partial charge is 0.311 e. The highest BCUT2D eigenvalue weighted by atomic mass is 32.2. The van der Waals surface area contributed by atoms with Crippen molar-refractivity contribution < 1.29 is 32.7 Å². The van der Waals surface area contributed by atoms with Crippen molar-refractivity contribution in [1.29, 1.82) is 0 Å². The first-order valence-electron chi connectivity index (χ1n) is 10.4. The molecule has 0 aromatic heterocycles. The van der Waals surface area contributed by atoms with Crippen LogP contribution in [0.4, 0.5) is 0 Å². The molecule has 33 heavy (non-hydrogen) atoms. The third-order valence-electron chi connectivity index (χ3n) is 4.83. The average molecular weight is 471 g/mol. The number of carbonyl (C=O) groups is 2. The largest absolute Gasteiger partial charge is 0.490 e. The van der Waals surface area contributed by atoms with Gasteiger partial charge in [0.25, 0.3) is 0 Å². The first-order valence-corrected chi connectivity index (χ1v) is 11.7. The van der Waals surface area contributed by atoms with E-state index in [-0.39, 0.29) is 35.2 Å². The highest BCUT2D eigenvalue weighted by Crippen LogP contribution is 2.52. The molecule has 0 N–H and O–H groups in total. The van der Waals surface area contributed by atoms with Gasteiger partial charge in [-0.1, -0.05) is 49.4 Å². The minimum atomic E-state index is -1.51. The Hall–Kier alpha value is -3.39. The summed E-state index contributed by atoms with van der Waals surface area (Å²) in [5.74, 6) is -0.424. The third-order valence-corrected chi connectivity index (χ3v) is 6.25. The Labute approximate surface area is 195 Å². The summed E-state index contributed by atoms with van der Waals surface area (Å²) < 4.78 is 35.7. The van der Waals surface area contributed by atoms with Crippen molar-refractivity contribution in [3.8, 4) is 23.0 Å². The highest BCUT2D eigenvalue weighted by Gasteiger charge is 2.29. The first-order chi connectivity index (χ1) is 15.9. The van der Waals surface area contributed by atoms with E-state index in [0.717, 1.165) is 5.56 Å². The second kappa shape index (κ2) is 11.0. The van der Waals surface area contributed by atoms with Crippen LogP contribution in [0.15, 0.2) is 53.4 Å². The molecular formula is C25H26O7S. The van der Waals surface area contributed by atoms with E-state index in [2.05, 4.69) is 0 Å². The summed E-state index contributed by atoms with van der Waals surface area (Å²) in [6, 6.07) is 14.5. The lowest BCUT2D eigenvalue weighted by atomic mass is 10.1. The summed E-state index contributed by atoms with van der Waals surface area (Å²) in [7, 11) is 1.28. The van der Waals surface area contributed by atoms with E-state index in [1.807, 2.05) is 37.3 Å². The molecular weight excluding hydrogens is 444 g/mol. The molecule has 0 fully saturated rings. The Bertz CT molecular complexity index is 1190. The molecule has 0 aliphatic heterocycles. The quantitative estimate of drug-likeness (QED) is 0.328. The first kappa shape index (κ1) is 24.3. The van der Waals surface area contributed by atoms with Gasteiger partial charge in [0, 0.05) is 24.1 Å². The molecule has 0 saturated heterocycles. The van der Waals surface area contributed by atoms with Gasteiger partial charge < -0.3 is 18.9 Å². The monoisotopic (exact) mass is 470 g/mol. The summed E-state index contributed by atoms with van der Waals surface area (Å²) >= 11 is 0. The minimum Gasteiger partial charge on any atom is -0.490 e. The van der Waals surface area contributed by atoms with Crippen molar-refractivity contribution in [2.24, 2.45) is 0 Å². The lowest BCUT2D eigenvalue weighted by molar-refractivity contribution is -0.134. The van der Waals surface area contributed by atoms with E-state index in [0.29, 0.717) is 22.1 Å². The van der Waals surface area contributed by atoms with Gasteiger partial charge in [-0.25, -0.2) is 0 Å². The van der Waals surface area contributed by atoms with Crippen molar-refractivity contribution in [1.82, 2.24) is 0 Å². The van der Waals surface area contributed by atoms with Crippen LogP contribution in [0.1, 0.15) is 32.3 Å². The molecule has 3 rings (SSSR count). The molecule has 0 aliphatic rings. The van der Waals surface area contributed by atoms with Crippen molar-refractivity contribution in [3.05, 3.63) is 54.1 Å². The van der Waals surface area contributed by atoms with Crippen LogP contribution in [0.5, 0.6) is 23.0 Å². The lowest BCUT2D eigenvalue weighted by Gasteiger charge is -2.20. The molecule has 0 saturated carbocycles. The molecule has 0 spiro atoms. The topological polar surface area (TPSA) is 88.1 Å². The Balaban J connectivity index is 2.31. The molecule has 0 heterocycles. The van der Waals surface area contributed by atoms with Crippen molar-refractivity contribution in [2.75, 3.05) is 14.2 Å².